The van der Waals surface area contributed by atoms with Gasteiger partial charge in [0.1, 0.15) is 11.6 Å². The second-order valence-corrected chi connectivity index (χ2v) is 5.67. The molecule has 2 N–H and O–H groups in total. The van der Waals surface area contributed by atoms with E-state index in [2.05, 4.69) is 10.6 Å². The Morgan fingerprint density at radius 1 is 1.35 bits per heavy atom. The van der Waals surface area contributed by atoms with Crippen molar-refractivity contribution in [2.75, 3.05) is 25.0 Å². The molecule has 0 aliphatic carbocycles. The molecule has 1 atom stereocenters. The number of nitrogens with one attached hydrogen (secondary N) is 2. The number of urea groups is 1. The van der Waals surface area contributed by atoms with Gasteiger partial charge in [-0.05, 0) is 30.9 Å². The van der Waals surface area contributed by atoms with Crippen LogP contribution >= 0.6 is 0 Å². The van der Waals surface area contributed by atoms with Gasteiger partial charge in [-0.3, -0.25) is 4.79 Å². The van der Waals surface area contributed by atoms with E-state index < -0.39 is 17.7 Å². The molecule has 1 saturated heterocycles. The molecule has 126 valence electrons. The van der Waals surface area contributed by atoms with E-state index in [4.69, 9.17) is 0 Å². The van der Waals surface area contributed by atoms with E-state index in [-0.39, 0.29) is 17.5 Å². The molecule has 5 nitrogen and oxygen atoms in total. The number of carbonyl (C=O) groups is 2. The number of hydrogen-bond donors (Lipinski definition) is 2. The van der Waals surface area contributed by atoms with Gasteiger partial charge in [0.25, 0.3) is 0 Å². The number of hydrogen-bond acceptors (Lipinski definition) is 2. The molecular formula is C16H21F2N3O2. The highest BCUT2D eigenvalue weighted by Gasteiger charge is 2.24. The molecule has 0 bridgehead atoms. The van der Waals surface area contributed by atoms with Crippen molar-refractivity contribution in [1.29, 1.82) is 0 Å². The lowest BCUT2D eigenvalue weighted by atomic mass is 9.98. The predicted molar refractivity (Wildman–Crippen MR) is 83.0 cm³/mol. The SMILES string of the molecule is CCC(=O)NC[C@H]1CCCN(C(=O)Nc2ccc(F)cc2F)C1. The second kappa shape index (κ2) is 7.89. The summed E-state index contributed by atoms with van der Waals surface area (Å²) >= 11 is 0. The number of nitrogens with zero attached hydrogens (tertiary/aromatic N) is 1. The fourth-order valence-corrected chi connectivity index (χ4v) is 2.58. The number of benzene rings is 1. The molecule has 3 amide bonds. The van der Waals surface area contributed by atoms with E-state index in [0.29, 0.717) is 26.1 Å². The number of rotatable bonds is 4. The molecule has 0 radical (unpaired) electrons. The van der Waals surface area contributed by atoms with E-state index in [1.807, 2.05) is 0 Å². The second-order valence-electron chi connectivity index (χ2n) is 5.67. The molecule has 23 heavy (non-hydrogen) atoms. The summed E-state index contributed by atoms with van der Waals surface area (Å²) in [5, 5.41) is 5.29. The van der Waals surface area contributed by atoms with Crippen LogP contribution < -0.4 is 10.6 Å². The quantitative estimate of drug-likeness (QED) is 0.894. The summed E-state index contributed by atoms with van der Waals surface area (Å²) in [6, 6.07) is 2.61. The number of piperidine rings is 1. The fourth-order valence-electron chi connectivity index (χ4n) is 2.58. The lowest BCUT2D eigenvalue weighted by Crippen LogP contribution is -2.45. The van der Waals surface area contributed by atoms with Crippen molar-refractivity contribution in [1.82, 2.24) is 10.2 Å². The van der Waals surface area contributed by atoms with Gasteiger partial charge in [0.15, 0.2) is 0 Å². The Balaban J connectivity index is 1.90. The summed E-state index contributed by atoms with van der Waals surface area (Å²) < 4.78 is 26.5. The zero-order valence-electron chi connectivity index (χ0n) is 13.1. The number of anilines is 1. The molecule has 1 aromatic rings. The smallest absolute Gasteiger partial charge is 0.321 e. The first-order chi connectivity index (χ1) is 11.0. The molecule has 1 fully saturated rings. The maximum atomic E-state index is 13.6. The average molecular weight is 325 g/mol. The van der Waals surface area contributed by atoms with Gasteiger partial charge in [0.05, 0.1) is 5.69 Å². The molecule has 0 unspecified atom stereocenters. The summed E-state index contributed by atoms with van der Waals surface area (Å²) in [5.74, 6) is -1.32. The highest BCUT2D eigenvalue weighted by Crippen LogP contribution is 2.19. The average Bonchev–Trinajstić information content (AvgIpc) is 2.55. The molecule has 7 heteroatoms. The molecule has 0 spiro atoms. The number of amides is 3. The Kier molecular flexibility index (Phi) is 5.90. The summed E-state index contributed by atoms with van der Waals surface area (Å²) in [7, 11) is 0. The van der Waals surface area contributed by atoms with Gasteiger partial charge in [0, 0.05) is 32.1 Å². The van der Waals surface area contributed by atoms with Crippen molar-refractivity contribution < 1.29 is 18.4 Å². The molecule has 0 saturated carbocycles. The molecule has 2 rings (SSSR count). The van der Waals surface area contributed by atoms with Crippen molar-refractivity contribution in [3.8, 4) is 0 Å². The largest absolute Gasteiger partial charge is 0.356 e. The summed E-state index contributed by atoms with van der Waals surface area (Å²) in [4.78, 5) is 25.1. The van der Waals surface area contributed by atoms with Crippen LogP contribution in [0.4, 0.5) is 19.3 Å². The van der Waals surface area contributed by atoms with Gasteiger partial charge in [-0.25, -0.2) is 13.6 Å². The zero-order valence-corrected chi connectivity index (χ0v) is 13.1. The van der Waals surface area contributed by atoms with Gasteiger partial charge in [0.2, 0.25) is 5.91 Å². The third kappa shape index (κ3) is 4.91. The van der Waals surface area contributed by atoms with Crippen molar-refractivity contribution >= 4 is 17.6 Å². The zero-order chi connectivity index (χ0) is 16.8. The molecule has 1 aliphatic rings. The van der Waals surface area contributed by atoms with Gasteiger partial charge >= 0.3 is 6.03 Å². The molecule has 1 heterocycles. The monoisotopic (exact) mass is 325 g/mol. The first kappa shape index (κ1) is 17.2. The van der Waals surface area contributed by atoms with Gasteiger partial charge in [-0.1, -0.05) is 6.92 Å². The standard InChI is InChI=1S/C16H21F2N3O2/c1-2-15(22)19-9-11-4-3-7-21(10-11)16(23)20-14-6-5-12(17)8-13(14)18/h5-6,8,11H,2-4,7,9-10H2,1H3,(H,19,22)(H,20,23)/t11-/m1/s1. The minimum Gasteiger partial charge on any atom is -0.356 e. The van der Waals surface area contributed by atoms with Crippen molar-refractivity contribution in [2.45, 2.75) is 26.2 Å². The van der Waals surface area contributed by atoms with Crippen LogP contribution in [0.1, 0.15) is 26.2 Å². The van der Waals surface area contributed by atoms with Crippen LogP contribution in [0.2, 0.25) is 0 Å². The first-order valence-corrected chi connectivity index (χ1v) is 7.77. The van der Waals surface area contributed by atoms with Crippen LogP contribution in [0, 0.1) is 17.6 Å². The Bertz CT molecular complexity index is 580. The predicted octanol–water partition coefficient (Wildman–Crippen LogP) is 2.73. The van der Waals surface area contributed by atoms with Crippen LogP contribution in [-0.2, 0) is 4.79 Å². The Morgan fingerprint density at radius 3 is 2.83 bits per heavy atom. The van der Waals surface area contributed by atoms with Gasteiger partial charge in [-0.2, -0.15) is 0 Å². The van der Waals surface area contributed by atoms with Gasteiger partial charge in [-0.15, -0.1) is 0 Å². The normalized spacial score (nSPS) is 17.7. The topological polar surface area (TPSA) is 61.4 Å². The molecule has 0 aromatic heterocycles. The number of halogens is 2. The third-order valence-electron chi connectivity index (χ3n) is 3.89. The van der Waals surface area contributed by atoms with E-state index in [0.717, 1.165) is 25.0 Å². The maximum Gasteiger partial charge on any atom is 0.321 e. The third-order valence-corrected chi connectivity index (χ3v) is 3.89. The van der Waals surface area contributed by atoms with Crippen molar-refractivity contribution in [3.05, 3.63) is 29.8 Å². The number of likely N-dealkylation sites (tertiary alicyclic amines) is 1. The van der Waals surface area contributed by atoms with Crippen LogP contribution in [0.15, 0.2) is 18.2 Å². The molecular weight excluding hydrogens is 304 g/mol. The Hall–Kier alpha value is -2.18. The summed E-state index contributed by atoms with van der Waals surface area (Å²) in [6.45, 7) is 3.39. The fraction of sp³-hybridized carbons (Fsp3) is 0.500. The van der Waals surface area contributed by atoms with Crippen molar-refractivity contribution in [2.24, 2.45) is 5.92 Å². The lowest BCUT2D eigenvalue weighted by Gasteiger charge is -2.32. The first-order valence-electron chi connectivity index (χ1n) is 7.77. The van der Waals surface area contributed by atoms with Gasteiger partial charge < -0.3 is 15.5 Å². The van der Waals surface area contributed by atoms with Crippen LogP contribution in [0.25, 0.3) is 0 Å². The minimum absolute atomic E-state index is 0.0139. The van der Waals surface area contributed by atoms with Crippen molar-refractivity contribution in [3.63, 3.8) is 0 Å². The van der Waals surface area contributed by atoms with Crippen LogP contribution in [0.3, 0.4) is 0 Å². The summed E-state index contributed by atoms with van der Waals surface area (Å²) in [5.41, 5.74) is -0.0437. The van der Waals surface area contributed by atoms with Crippen LogP contribution in [0.5, 0.6) is 0 Å². The van der Waals surface area contributed by atoms with E-state index in [9.17, 15) is 18.4 Å². The Morgan fingerprint density at radius 2 is 2.13 bits per heavy atom. The molecule has 1 aliphatic heterocycles. The maximum absolute atomic E-state index is 13.6. The summed E-state index contributed by atoms with van der Waals surface area (Å²) in [6.07, 6.45) is 2.19. The highest BCUT2D eigenvalue weighted by atomic mass is 19.1. The van der Waals surface area contributed by atoms with E-state index >= 15 is 0 Å². The van der Waals surface area contributed by atoms with Crippen LogP contribution in [-0.4, -0.2) is 36.5 Å². The highest BCUT2D eigenvalue weighted by molar-refractivity contribution is 5.89. The van der Waals surface area contributed by atoms with E-state index in [1.165, 1.54) is 6.07 Å². The lowest BCUT2D eigenvalue weighted by molar-refractivity contribution is -0.121. The van der Waals surface area contributed by atoms with E-state index in [1.54, 1.807) is 11.8 Å². The number of carbonyl (C=O) groups excluding carboxylic acids is 2. The molecule has 1 aromatic carbocycles. The minimum atomic E-state index is -0.804. The Labute approximate surface area is 134 Å².